The molecule has 162 valence electrons. The molecule has 0 aliphatic carbocycles. The number of hydrogen-bond donors (Lipinski definition) is 1. The van der Waals surface area contributed by atoms with Crippen LogP contribution in [0.15, 0.2) is 83.8 Å². The van der Waals surface area contributed by atoms with Gasteiger partial charge in [0, 0.05) is 32.5 Å². The summed E-state index contributed by atoms with van der Waals surface area (Å²) in [6.07, 6.45) is 0. The van der Waals surface area contributed by atoms with Crippen molar-refractivity contribution in [3.05, 3.63) is 78.9 Å². The van der Waals surface area contributed by atoms with Gasteiger partial charge in [-0.15, -0.1) is 0 Å². The van der Waals surface area contributed by atoms with Gasteiger partial charge in [0.15, 0.2) is 0 Å². The van der Waals surface area contributed by atoms with Crippen LogP contribution in [0.25, 0.3) is 0 Å². The Morgan fingerprint density at radius 3 is 2.16 bits per heavy atom. The summed E-state index contributed by atoms with van der Waals surface area (Å²) in [6.45, 7) is 0.101. The fourth-order valence-electron chi connectivity index (χ4n) is 2.85. The molecule has 0 heterocycles. The molecule has 7 nitrogen and oxygen atoms in total. The van der Waals surface area contributed by atoms with E-state index in [9.17, 15) is 13.2 Å². The Kier molecular flexibility index (Phi) is 6.94. The minimum Gasteiger partial charge on any atom is -0.457 e. The van der Waals surface area contributed by atoms with Crippen molar-refractivity contribution >= 4 is 27.3 Å². The molecule has 0 aliphatic heterocycles. The molecule has 3 rings (SSSR count). The monoisotopic (exact) mass is 439 g/mol. The van der Waals surface area contributed by atoms with Gasteiger partial charge in [0.2, 0.25) is 15.9 Å². The molecular formula is C23H25N3O4S. The molecule has 0 radical (unpaired) electrons. The lowest BCUT2D eigenvalue weighted by Gasteiger charge is -2.19. The zero-order valence-electron chi connectivity index (χ0n) is 17.6. The second-order valence-electron chi connectivity index (χ2n) is 7.13. The number of rotatable bonds is 8. The lowest BCUT2D eigenvalue weighted by Crippen LogP contribution is -2.30. The molecule has 31 heavy (non-hydrogen) atoms. The van der Waals surface area contributed by atoms with Crippen molar-refractivity contribution in [2.24, 2.45) is 0 Å². The lowest BCUT2D eigenvalue weighted by atomic mass is 10.2. The van der Waals surface area contributed by atoms with Crippen LogP contribution in [0.3, 0.4) is 0 Å². The summed E-state index contributed by atoms with van der Waals surface area (Å²) in [5.41, 5.74) is 1.27. The lowest BCUT2D eigenvalue weighted by molar-refractivity contribution is -0.114. The van der Waals surface area contributed by atoms with E-state index in [1.165, 1.54) is 26.2 Å². The van der Waals surface area contributed by atoms with Gasteiger partial charge in [-0.1, -0.05) is 24.3 Å². The second kappa shape index (κ2) is 9.63. The highest BCUT2D eigenvalue weighted by Gasteiger charge is 2.18. The fraction of sp³-hybridized carbons (Fsp3) is 0.174. The van der Waals surface area contributed by atoms with Crippen molar-refractivity contribution in [3.63, 3.8) is 0 Å². The van der Waals surface area contributed by atoms with Gasteiger partial charge in [-0.25, -0.2) is 12.7 Å². The average molecular weight is 440 g/mol. The first-order chi connectivity index (χ1) is 14.8. The first-order valence-corrected chi connectivity index (χ1v) is 11.1. The number of nitrogens with zero attached hydrogens (tertiary/aromatic N) is 2. The maximum atomic E-state index is 12.5. The number of hydrogen-bond acceptors (Lipinski definition) is 5. The molecule has 0 spiro atoms. The Morgan fingerprint density at radius 1 is 0.871 bits per heavy atom. The van der Waals surface area contributed by atoms with E-state index in [2.05, 4.69) is 5.32 Å². The van der Waals surface area contributed by atoms with Crippen molar-refractivity contribution < 1.29 is 17.9 Å². The molecule has 1 amide bonds. The number of sulfonamides is 1. The third-order valence-corrected chi connectivity index (χ3v) is 6.34. The van der Waals surface area contributed by atoms with E-state index in [1.54, 1.807) is 24.1 Å². The number of anilines is 2. The second-order valence-corrected chi connectivity index (χ2v) is 9.28. The highest BCUT2D eigenvalue weighted by Crippen LogP contribution is 2.24. The van der Waals surface area contributed by atoms with Gasteiger partial charge in [0.05, 0.1) is 11.4 Å². The maximum absolute atomic E-state index is 12.5. The molecule has 8 heteroatoms. The van der Waals surface area contributed by atoms with Crippen LogP contribution in [-0.4, -0.2) is 46.3 Å². The van der Waals surface area contributed by atoms with Crippen LogP contribution in [0.2, 0.25) is 0 Å². The molecule has 0 fully saturated rings. The summed E-state index contributed by atoms with van der Waals surface area (Å²) >= 11 is 0. The smallest absolute Gasteiger partial charge is 0.243 e. The van der Waals surface area contributed by atoms with Crippen LogP contribution >= 0.6 is 0 Å². The SMILES string of the molecule is CN(CC(=O)Nc1cccc(S(=O)(=O)N(C)C)c1)c1ccc(Oc2ccccc2)cc1. The van der Waals surface area contributed by atoms with Crippen LogP contribution in [-0.2, 0) is 14.8 Å². The van der Waals surface area contributed by atoms with Crippen LogP contribution in [0.1, 0.15) is 0 Å². The third-order valence-electron chi connectivity index (χ3n) is 4.53. The summed E-state index contributed by atoms with van der Waals surface area (Å²) in [4.78, 5) is 14.4. The topological polar surface area (TPSA) is 79.0 Å². The first kappa shape index (κ1) is 22.3. The van der Waals surface area contributed by atoms with Gasteiger partial charge in [0.1, 0.15) is 11.5 Å². The van der Waals surface area contributed by atoms with Crippen molar-refractivity contribution in [2.75, 3.05) is 37.9 Å². The van der Waals surface area contributed by atoms with Crippen LogP contribution in [0.5, 0.6) is 11.5 Å². The molecular weight excluding hydrogens is 414 g/mol. The third kappa shape index (κ3) is 5.84. The van der Waals surface area contributed by atoms with Gasteiger partial charge in [-0.2, -0.15) is 0 Å². The number of likely N-dealkylation sites (N-methyl/N-ethyl adjacent to an activating group) is 1. The van der Waals surface area contributed by atoms with E-state index in [1.807, 2.05) is 54.6 Å². The number of amides is 1. The summed E-state index contributed by atoms with van der Waals surface area (Å²) < 4.78 is 31.5. The molecule has 0 saturated heterocycles. The molecule has 0 bridgehead atoms. The fourth-order valence-corrected chi connectivity index (χ4v) is 3.79. The minimum absolute atomic E-state index is 0.101. The van der Waals surface area contributed by atoms with E-state index < -0.39 is 10.0 Å². The normalized spacial score (nSPS) is 11.2. The average Bonchev–Trinajstić information content (AvgIpc) is 2.75. The number of ether oxygens (including phenoxy) is 1. The van der Waals surface area contributed by atoms with E-state index >= 15 is 0 Å². The zero-order valence-corrected chi connectivity index (χ0v) is 18.5. The summed E-state index contributed by atoms with van der Waals surface area (Å²) in [5, 5.41) is 2.75. The Labute approximate surface area is 182 Å². The highest BCUT2D eigenvalue weighted by atomic mass is 32.2. The van der Waals surface area contributed by atoms with E-state index in [0.29, 0.717) is 11.4 Å². The molecule has 0 saturated carbocycles. The van der Waals surface area contributed by atoms with Crippen molar-refractivity contribution in [2.45, 2.75) is 4.90 Å². The van der Waals surface area contributed by atoms with Crippen LogP contribution < -0.4 is 15.0 Å². The summed E-state index contributed by atoms with van der Waals surface area (Å²) in [6, 6.07) is 23.1. The van der Waals surface area contributed by atoms with Gasteiger partial charge in [-0.05, 0) is 54.6 Å². The number of benzene rings is 3. The molecule has 1 N–H and O–H groups in total. The van der Waals surface area contributed by atoms with Gasteiger partial charge < -0.3 is 15.0 Å². The number of para-hydroxylation sites is 1. The van der Waals surface area contributed by atoms with Gasteiger partial charge in [0.25, 0.3) is 0 Å². The van der Waals surface area contributed by atoms with Crippen molar-refractivity contribution in [1.82, 2.24) is 4.31 Å². The Morgan fingerprint density at radius 2 is 1.52 bits per heavy atom. The molecule has 3 aromatic carbocycles. The quantitative estimate of drug-likeness (QED) is 0.578. The summed E-state index contributed by atoms with van der Waals surface area (Å²) in [5.74, 6) is 1.19. The van der Waals surface area contributed by atoms with E-state index in [0.717, 1.165) is 15.7 Å². The molecule has 0 unspecified atom stereocenters. The minimum atomic E-state index is -3.57. The number of nitrogens with one attached hydrogen (secondary N) is 1. The molecule has 0 atom stereocenters. The Balaban J connectivity index is 1.61. The molecule has 3 aromatic rings. The zero-order chi connectivity index (χ0) is 22.4. The highest BCUT2D eigenvalue weighted by molar-refractivity contribution is 7.89. The standard InChI is InChI=1S/C23H25N3O4S/c1-25(2)31(28,29)22-11-7-8-18(16-22)24-23(27)17-26(3)19-12-14-21(15-13-19)30-20-9-5-4-6-10-20/h4-16H,17H2,1-3H3,(H,24,27). The first-order valence-electron chi connectivity index (χ1n) is 9.62. The predicted octanol–water partition coefficient (Wildman–Crippen LogP) is 3.80. The van der Waals surface area contributed by atoms with Crippen molar-refractivity contribution in [1.29, 1.82) is 0 Å². The Hall–Kier alpha value is -3.36. The predicted molar refractivity (Wildman–Crippen MR) is 122 cm³/mol. The van der Waals surface area contributed by atoms with Crippen molar-refractivity contribution in [3.8, 4) is 11.5 Å². The number of carbonyl (C=O) groups is 1. The van der Waals surface area contributed by atoms with Gasteiger partial charge >= 0.3 is 0 Å². The van der Waals surface area contributed by atoms with Gasteiger partial charge in [-0.3, -0.25) is 4.79 Å². The summed E-state index contributed by atoms with van der Waals surface area (Å²) in [7, 11) is 1.16. The number of carbonyl (C=O) groups excluding carboxylic acids is 1. The molecule has 0 aromatic heterocycles. The Bertz CT molecular complexity index is 1130. The largest absolute Gasteiger partial charge is 0.457 e. The van der Waals surface area contributed by atoms with Crippen LogP contribution in [0, 0.1) is 0 Å². The van der Waals surface area contributed by atoms with E-state index in [4.69, 9.17) is 4.74 Å². The molecule has 0 aliphatic rings. The van der Waals surface area contributed by atoms with E-state index in [-0.39, 0.29) is 17.3 Å². The maximum Gasteiger partial charge on any atom is 0.243 e. The van der Waals surface area contributed by atoms with Crippen LogP contribution in [0.4, 0.5) is 11.4 Å².